The number of carboxylic acid groups (broad SMARTS) is 1. The van der Waals surface area contributed by atoms with Crippen molar-refractivity contribution in [3.8, 4) is 0 Å². The molecule has 74 valence electrons. The lowest BCUT2D eigenvalue weighted by Crippen LogP contribution is -2.48. The van der Waals surface area contributed by atoms with Crippen molar-refractivity contribution in [3.05, 3.63) is 12.7 Å². The Labute approximate surface area is 78.2 Å². The molecular formula is C9H16N2O2. The molecule has 1 fully saturated rings. The van der Waals surface area contributed by atoms with Gasteiger partial charge in [0.1, 0.15) is 0 Å². The summed E-state index contributed by atoms with van der Waals surface area (Å²) in [7, 11) is 0. The molecule has 4 heteroatoms. The topological polar surface area (TPSA) is 52.6 Å². The van der Waals surface area contributed by atoms with Crippen LogP contribution in [0.4, 0.5) is 4.79 Å². The molecule has 1 amide bonds. The zero-order valence-electron chi connectivity index (χ0n) is 7.70. The number of rotatable bonds is 3. The largest absolute Gasteiger partial charge is 0.465 e. The van der Waals surface area contributed by atoms with Gasteiger partial charge >= 0.3 is 6.09 Å². The first kappa shape index (κ1) is 10.1. The summed E-state index contributed by atoms with van der Waals surface area (Å²) >= 11 is 0. The van der Waals surface area contributed by atoms with E-state index in [0.717, 1.165) is 25.9 Å². The summed E-state index contributed by atoms with van der Waals surface area (Å²) in [5.74, 6) is 0. The van der Waals surface area contributed by atoms with Crippen LogP contribution in [0.3, 0.4) is 0 Å². The maximum absolute atomic E-state index is 10.8. The van der Waals surface area contributed by atoms with Crippen LogP contribution in [0.1, 0.15) is 12.8 Å². The molecule has 1 atom stereocenters. The molecule has 1 aliphatic rings. The highest BCUT2D eigenvalue weighted by atomic mass is 16.4. The van der Waals surface area contributed by atoms with Crippen molar-refractivity contribution in [2.75, 3.05) is 19.6 Å². The molecular weight excluding hydrogens is 168 g/mol. The Kier molecular flexibility index (Phi) is 3.76. The van der Waals surface area contributed by atoms with Gasteiger partial charge in [-0.15, -0.1) is 6.58 Å². The fourth-order valence-electron chi connectivity index (χ4n) is 1.62. The standard InChI is InChI=1S/C9H16N2O2/c1-2-6-11(9(12)13)8-4-3-5-10-7-8/h2,8,10H,1,3-7H2,(H,12,13)/t8-/m1/s1. The number of piperidine rings is 1. The van der Waals surface area contributed by atoms with E-state index < -0.39 is 6.09 Å². The fraction of sp³-hybridized carbons (Fsp3) is 0.667. The number of amides is 1. The molecule has 13 heavy (non-hydrogen) atoms. The number of hydrogen-bond donors (Lipinski definition) is 2. The van der Waals surface area contributed by atoms with Gasteiger partial charge in [-0.2, -0.15) is 0 Å². The normalized spacial score (nSPS) is 22.3. The van der Waals surface area contributed by atoms with Crippen molar-refractivity contribution in [1.82, 2.24) is 10.2 Å². The molecule has 0 spiro atoms. The molecule has 1 saturated heterocycles. The average Bonchev–Trinajstić information content (AvgIpc) is 2.15. The zero-order chi connectivity index (χ0) is 9.68. The summed E-state index contributed by atoms with van der Waals surface area (Å²) in [5, 5.41) is 12.1. The van der Waals surface area contributed by atoms with Gasteiger partial charge in [0, 0.05) is 19.1 Å². The van der Waals surface area contributed by atoms with E-state index in [1.807, 2.05) is 0 Å². The number of nitrogens with one attached hydrogen (secondary N) is 1. The van der Waals surface area contributed by atoms with E-state index in [4.69, 9.17) is 5.11 Å². The van der Waals surface area contributed by atoms with Crippen LogP contribution in [0.25, 0.3) is 0 Å². The van der Waals surface area contributed by atoms with Gasteiger partial charge in [0.2, 0.25) is 0 Å². The Bertz CT molecular complexity index is 188. The van der Waals surface area contributed by atoms with Gasteiger partial charge in [-0.05, 0) is 19.4 Å². The van der Waals surface area contributed by atoms with Crippen LogP contribution in [0.2, 0.25) is 0 Å². The number of carbonyl (C=O) groups is 1. The maximum atomic E-state index is 10.8. The van der Waals surface area contributed by atoms with E-state index in [-0.39, 0.29) is 6.04 Å². The van der Waals surface area contributed by atoms with Crippen molar-refractivity contribution >= 4 is 6.09 Å². The molecule has 1 rings (SSSR count). The SMILES string of the molecule is C=CCN(C(=O)O)[C@@H]1CCCNC1. The van der Waals surface area contributed by atoms with Crippen LogP contribution in [0.5, 0.6) is 0 Å². The molecule has 0 aromatic carbocycles. The first-order chi connectivity index (χ1) is 6.25. The number of nitrogens with zero attached hydrogens (tertiary/aromatic N) is 1. The Hall–Kier alpha value is -1.03. The lowest BCUT2D eigenvalue weighted by molar-refractivity contribution is 0.122. The van der Waals surface area contributed by atoms with Crippen molar-refractivity contribution in [2.45, 2.75) is 18.9 Å². The van der Waals surface area contributed by atoms with E-state index >= 15 is 0 Å². The summed E-state index contributed by atoms with van der Waals surface area (Å²) < 4.78 is 0. The van der Waals surface area contributed by atoms with Gasteiger partial charge < -0.3 is 15.3 Å². The summed E-state index contributed by atoms with van der Waals surface area (Å²) in [6.45, 7) is 5.73. The molecule has 2 N–H and O–H groups in total. The van der Waals surface area contributed by atoms with E-state index in [1.165, 1.54) is 4.90 Å². The monoisotopic (exact) mass is 184 g/mol. The summed E-state index contributed by atoms with van der Waals surface area (Å²) in [6, 6.07) is 0.115. The van der Waals surface area contributed by atoms with Crippen molar-refractivity contribution < 1.29 is 9.90 Å². The predicted octanol–water partition coefficient (Wildman–Crippen LogP) is 0.904. The van der Waals surface area contributed by atoms with Crippen molar-refractivity contribution in [3.63, 3.8) is 0 Å². The third kappa shape index (κ3) is 2.73. The van der Waals surface area contributed by atoms with E-state index in [2.05, 4.69) is 11.9 Å². The summed E-state index contributed by atoms with van der Waals surface area (Å²) in [4.78, 5) is 12.3. The van der Waals surface area contributed by atoms with Gasteiger partial charge in [-0.25, -0.2) is 4.79 Å². The highest BCUT2D eigenvalue weighted by Gasteiger charge is 2.23. The van der Waals surface area contributed by atoms with Crippen molar-refractivity contribution in [1.29, 1.82) is 0 Å². The highest BCUT2D eigenvalue weighted by Crippen LogP contribution is 2.10. The lowest BCUT2D eigenvalue weighted by Gasteiger charge is -2.31. The first-order valence-electron chi connectivity index (χ1n) is 4.57. The zero-order valence-corrected chi connectivity index (χ0v) is 7.70. The quantitative estimate of drug-likeness (QED) is 0.641. The van der Waals surface area contributed by atoms with Crippen LogP contribution in [-0.2, 0) is 0 Å². The molecule has 0 bridgehead atoms. The molecule has 0 saturated carbocycles. The molecule has 0 aromatic rings. The average molecular weight is 184 g/mol. The molecule has 0 aromatic heterocycles. The molecule has 1 aliphatic heterocycles. The second-order valence-corrected chi connectivity index (χ2v) is 3.22. The molecule has 0 radical (unpaired) electrons. The minimum Gasteiger partial charge on any atom is -0.465 e. The van der Waals surface area contributed by atoms with Crippen LogP contribution in [0.15, 0.2) is 12.7 Å². The molecule has 0 unspecified atom stereocenters. The molecule has 4 nitrogen and oxygen atoms in total. The Balaban J connectivity index is 2.51. The Morgan fingerprint density at radius 2 is 2.54 bits per heavy atom. The van der Waals surface area contributed by atoms with Crippen molar-refractivity contribution in [2.24, 2.45) is 0 Å². The molecule has 0 aliphatic carbocycles. The second-order valence-electron chi connectivity index (χ2n) is 3.22. The van der Waals surface area contributed by atoms with Gasteiger partial charge in [0.25, 0.3) is 0 Å². The second kappa shape index (κ2) is 4.87. The Morgan fingerprint density at radius 1 is 1.77 bits per heavy atom. The van der Waals surface area contributed by atoms with Gasteiger partial charge in [0.05, 0.1) is 0 Å². The molecule has 1 heterocycles. The van der Waals surface area contributed by atoms with Crippen LogP contribution in [-0.4, -0.2) is 41.8 Å². The number of hydrogen-bond acceptors (Lipinski definition) is 2. The maximum Gasteiger partial charge on any atom is 0.407 e. The van der Waals surface area contributed by atoms with Gasteiger partial charge in [0.15, 0.2) is 0 Å². The minimum absolute atomic E-state index is 0.115. The lowest BCUT2D eigenvalue weighted by atomic mass is 10.1. The highest BCUT2D eigenvalue weighted by molar-refractivity contribution is 5.65. The van der Waals surface area contributed by atoms with E-state index in [9.17, 15) is 4.79 Å². The van der Waals surface area contributed by atoms with Crippen LogP contribution in [0, 0.1) is 0 Å². The summed E-state index contributed by atoms with van der Waals surface area (Å²) in [5.41, 5.74) is 0. The Morgan fingerprint density at radius 3 is 3.00 bits per heavy atom. The van der Waals surface area contributed by atoms with Crippen LogP contribution < -0.4 is 5.32 Å². The van der Waals surface area contributed by atoms with Gasteiger partial charge in [-0.1, -0.05) is 6.08 Å². The van der Waals surface area contributed by atoms with Crippen LogP contribution >= 0.6 is 0 Å². The van der Waals surface area contributed by atoms with Gasteiger partial charge in [-0.3, -0.25) is 0 Å². The third-order valence-corrected chi connectivity index (χ3v) is 2.28. The fourth-order valence-corrected chi connectivity index (χ4v) is 1.62. The first-order valence-corrected chi connectivity index (χ1v) is 4.57. The third-order valence-electron chi connectivity index (χ3n) is 2.28. The van der Waals surface area contributed by atoms with E-state index in [1.54, 1.807) is 6.08 Å². The van der Waals surface area contributed by atoms with E-state index in [0.29, 0.717) is 6.54 Å². The minimum atomic E-state index is -0.853. The predicted molar refractivity (Wildman–Crippen MR) is 50.8 cm³/mol. The smallest absolute Gasteiger partial charge is 0.407 e. The summed E-state index contributed by atoms with van der Waals surface area (Å²) in [6.07, 6.45) is 2.77.